The number of nitrogens with one attached hydrogen (secondary N) is 2. The minimum Gasteiger partial charge on any atom is -0.493 e. The van der Waals surface area contributed by atoms with Crippen molar-refractivity contribution in [2.45, 2.75) is 25.9 Å². The van der Waals surface area contributed by atoms with Crippen molar-refractivity contribution in [2.24, 2.45) is 10.9 Å². The lowest BCUT2D eigenvalue weighted by Gasteiger charge is -2.15. The summed E-state index contributed by atoms with van der Waals surface area (Å²) in [5.74, 6) is 2.41. The summed E-state index contributed by atoms with van der Waals surface area (Å²) in [4.78, 5) is 8.33. The van der Waals surface area contributed by atoms with E-state index < -0.39 is 0 Å². The Bertz CT molecular complexity index is 720. The number of aliphatic imine (C=N–C) groups is 1. The molecule has 1 aromatic carbocycles. The van der Waals surface area contributed by atoms with Crippen LogP contribution in [0.1, 0.15) is 24.0 Å². The highest BCUT2D eigenvalue weighted by molar-refractivity contribution is 14.0. The van der Waals surface area contributed by atoms with Crippen molar-refractivity contribution in [2.75, 3.05) is 13.7 Å². The molecule has 1 fully saturated rings. The van der Waals surface area contributed by atoms with Gasteiger partial charge in [-0.25, -0.2) is 4.98 Å². The number of pyridine rings is 1. The zero-order valence-corrected chi connectivity index (χ0v) is 17.8. The van der Waals surface area contributed by atoms with Crippen LogP contribution in [-0.4, -0.2) is 24.6 Å². The van der Waals surface area contributed by atoms with Crippen LogP contribution in [0.2, 0.25) is 5.15 Å². The van der Waals surface area contributed by atoms with Crippen LogP contribution in [0.5, 0.6) is 5.75 Å². The fourth-order valence-corrected chi connectivity index (χ4v) is 2.49. The molecule has 0 bridgehead atoms. The quantitative estimate of drug-likeness (QED) is 0.269. The van der Waals surface area contributed by atoms with Crippen LogP contribution >= 0.6 is 35.6 Å². The number of hydrogen-bond donors (Lipinski definition) is 2. The Morgan fingerprint density at radius 2 is 1.96 bits per heavy atom. The summed E-state index contributed by atoms with van der Waals surface area (Å²) in [7, 11) is 1.75. The van der Waals surface area contributed by atoms with Crippen molar-refractivity contribution in [1.29, 1.82) is 0 Å². The van der Waals surface area contributed by atoms with E-state index >= 15 is 0 Å². The second kappa shape index (κ2) is 10.6. The van der Waals surface area contributed by atoms with E-state index in [0.29, 0.717) is 18.2 Å². The zero-order chi connectivity index (χ0) is 17.5. The van der Waals surface area contributed by atoms with Gasteiger partial charge in [-0.15, -0.1) is 24.0 Å². The van der Waals surface area contributed by atoms with E-state index in [1.807, 2.05) is 24.3 Å². The van der Waals surface area contributed by atoms with E-state index in [0.717, 1.165) is 35.4 Å². The fraction of sp³-hybridized carbons (Fsp3) is 0.368. The predicted molar refractivity (Wildman–Crippen MR) is 116 cm³/mol. The number of nitrogens with zero attached hydrogens (tertiary/aromatic N) is 2. The summed E-state index contributed by atoms with van der Waals surface area (Å²) in [5, 5.41) is 7.09. The topological polar surface area (TPSA) is 58.5 Å². The minimum atomic E-state index is 0. The molecule has 1 saturated carbocycles. The molecule has 0 spiro atoms. The number of aromatic nitrogens is 1. The van der Waals surface area contributed by atoms with Gasteiger partial charge in [0.25, 0.3) is 0 Å². The van der Waals surface area contributed by atoms with Crippen molar-refractivity contribution in [3.05, 3.63) is 58.9 Å². The van der Waals surface area contributed by atoms with E-state index in [1.165, 1.54) is 12.8 Å². The molecular weight excluding hydrogens is 463 g/mol. The second-order valence-electron chi connectivity index (χ2n) is 6.13. The van der Waals surface area contributed by atoms with Crippen molar-refractivity contribution in [3.8, 4) is 5.75 Å². The van der Waals surface area contributed by atoms with Gasteiger partial charge in [0, 0.05) is 31.9 Å². The third kappa shape index (κ3) is 6.64. The lowest BCUT2D eigenvalue weighted by Crippen LogP contribution is -2.36. The summed E-state index contributed by atoms with van der Waals surface area (Å²) < 4.78 is 5.95. The van der Waals surface area contributed by atoms with Gasteiger partial charge in [0.15, 0.2) is 5.96 Å². The number of hydrogen-bond acceptors (Lipinski definition) is 3. The third-order valence-corrected chi connectivity index (χ3v) is 4.29. The molecule has 1 aromatic heterocycles. The Balaban J connectivity index is 0.00000243. The molecule has 0 radical (unpaired) electrons. The first-order valence-corrected chi connectivity index (χ1v) is 8.88. The Hall–Kier alpha value is -1.54. The molecule has 2 N–H and O–H groups in total. The van der Waals surface area contributed by atoms with Crippen LogP contribution in [0.3, 0.4) is 0 Å². The molecule has 7 heteroatoms. The smallest absolute Gasteiger partial charge is 0.191 e. The predicted octanol–water partition coefficient (Wildman–Crippen LogP) is 4.01. The van der Waals surface area contributed by atoms with Gasteiger partial charge in [-0.1, -0.05) is 35.9 Å². The second-order valence-corrected chi connectivity index (χ2v) is 6.52. The highest BCUT2D eigenvalue weighted by Crippen LogP contribution is 2.30. The summed E-state index contributed by atoms with van der Waals surface area (Å²) in [6.07, 6.45) is 4.33. The zero-order valence-electron chi connectivity index (χ0n) is 14.7. The van der Waals surface area contributed by atoms with E-state index in [1.54, 1.807) is 19.3 Å². The first kappa shape index (κ1) is 20.8. The van der Waals surface area contributed by atoms with E-state index in [4.69, 9.17) is 16.3 Å². The maximum atomic E-state index is 5.95. The normalized spacial score (nSPS) is 13.7. The Kier molecular flexibility index (Phi) is 8.44. The number of rotatable bonds is 7. The van der Waals surface area contributed by atoms with Crippen LogP contribution in [0.15, 0.2) is 47.6 Å². The van der Waals surface area contributed by atoms with Gasteiger partial charge in [-0.05, 0) is 36.5 Å². The van der Waals surface area contributed by atoms with Crippen molar-refractivity contribution in [1.82, 2.24) is 15.6 Å². The van der Waals surface area contributed by atoms with Gasteiger partial charge >= 0.3 is 0 Å². The third-order valence-electron chi connectivity index (χ3n) is 4.06. The van der Waals surface area contributed by atoms with Gasteiger partial charge in [0.1, 0.15) is 10.9 Å². The first-order chi connectivity index (χ1) is 12.2. The highest BCUT2D eigenvalue weighted by Gasteiger charge is 2.22. The molecule has 0 aliphatic heterocycles. The van der Waals surface area contributed by atoms with Crippen LogP contribution in [-0.2, 0) is 13.1 Å². The van der Waals surface area contributed by atoms with Crippen molar-refractivity contribution >= 4 is 41.5 Å². The molecule has 26 heavy (non-hydrogen) atoms. The molecule has 0 unspecified atom stereocenters. The molecule has 0 saturated heterocycles. The number of benzene rings is 1. The molecule has 1 aliphatic rings. The summed E-state index contributed by atoms with van der Waals surface area (Å²) in [6.45, 7) is 2.09. The van der Waals surface area contributed by atoms with E-state index in [2.05, 4.69) is 26.7 Å². The fourth-order valence-electron chi connectivity index (χ4n) is 2.38. The van der Waals surface area contributed by atoms with Gasteiger partial charge in [-0.2, -0.15) is 0 Å². The largest absolute Gasteiger partial charge is 0.493 e. The van der Waals surface area contributed by atoms with Gasteiger partial charge in [0.2, 0.25) is 0 Å². The lowest BCUT2D eigenvalue weighted by atomic mass is 10.2. The van der Waals surface area contributed by atoms with Crippen molar-refractivity contribution < 1.29 is 4.74 Å². The Labute approximate surface area is 176 Å². The lowest BCUT2D eigenvalue weighted by molar-refractivity contribution is 0.296. The standard InChI is InChI=1S/C19H23ClN4O.HI/c1-21-19(23-11-15-8-9-18(20)22-10-15)24-12-16-4-2-3-5-17(16)25-13-14-6-7-14;/h2-5,8-10,14H,6-7,11-13H2,1H3,(H2,21,23,24);1H. The summed E-state index contributed by atoms with van der Waals surface area (Å²) in [5.41, 5.74) is 2.17. The van der Waals surface area contributed by atoms with Crippen LogP contribution < -0.4 is 15.4 Å². The molecule has 1 heterocycles. The monoisotopic (exact) mass is 486 g/mol. The van der Waals surface area contributed by atoms with Gasteiger partial charge in [-0.3, -0.25) is 4.99 Å². The minimum absolute atomic E-state index is 0. The van der Waals surface area contributed by atoms with Crippen molar-refractivity contribution in [3.63, 3.8) is 0 Å². The number of guanidine groups is 1. The average molecular weight is 487 g/mol. The number of halogens is 2. The molecule has 5 nitrogen and oxygen atoms in total. The van der Waals surface area contributed by atoms with E-state index in [-0.39, 0.29) is 24.0 Å². The van der Waals surface area contributed by atoms with Crippen LogP contribution in [0, 0.1) is 5.92 Å². The summed E-state index contributed by atoms with van der Waals surface area (Å²) >= 11 is 5.80. The maximum absolute atomic E-state index is 5.95. The first-order valence-electron chi connectivity index (χ1n) is 8.50. The maximum Gasteiger partial charge on any atom is 0.191 e. The molecule has 0 atom stereocenters. The van der Waals surface area contributed by atoms with Gasteiger partial charge in [0.05, 0.1) is 6.61 Å². The Morgan fingerprint density at radius 3 is 2.65 bits per heavy atom. The van der Waals surface area contributed by atoms with Crippen LogP contribution in [0.4, 0.5) is 0 Å². The SMILES string of the molecule is CN=C(NCc1ccc(Cl)nc1)NCc1ccccc1OCC1CC1.I. The summed E-state index contributed by atoms with van der Waals surface area (Å²) in [6, 6.07) is 11.8. The molecule has 1 aliphatic carbocycles. The molecular formula is C19H24ClIN4O. The number of ether oxygens (including phenoxy) is 1. The number of para-hydroxylation sites is 1. The molecule has 140 valence electrons. The van der Waals surface area contributed by atoms with Gasteiger partial charge < -0.3 is 15.4 Å². The molecule has 3 rings (SSSR count). The average Bonchev–Trinajstić information content (AvgIpc) is 3.47. The molecule has 2 aromatic rings. The van der Waals surface area contributed by atoms with Crippen LogP contribution in [0.25, 0.3) is 0 Å². The Morgan fingerprint density at radius 1 is 1.19 bits per heavy atom. The van der Waals surface area contributed by atoms with E-state index in [9.17, 15) is 0 Å². The highest BCUT2D eigenvalue weighted by atomic mass is 127. The molecule has 0 amide bonds.